The lowest BCUT2D eigenvalue weighted by atomic mass is 10.1. The van der Waals surface area contributed by atoms with E-state index in [0.29, 0.717) is 11.1 Å². The summed E-state index contributed by atoms with van der Waals surface area (Å²) in [6.45, 7) is 6.04. The number of hydrogen-bond donors (Lipinski definition) is 0. The van der Waals surface area contributed by atoms with E-state index in [2.05, 4.69) is 4.99 Å². The van der Waals surface area contributed by atoms with Gasteiger partial charge in [-0.05, 0) is 62.7 Å². The molecule has 3 aromatic rings. The molecule has 2 aromatic heterocycles. The summed E-state index contributed by atoms with van der Waals surface area (Å²) in [5.41, 5.74) is 3.43. The topological polar surface area (TPSA) is 39.3 Å². The number of rotatable bonds is 3. The van der Waals surface area contributed by atoms with Crippen molar-refractivity contribution in [3.05, 3.63) is 83.7 Å². The van der Waals surface area contributed by atoms with E-state index in [-0.39, 0.29) is 11.9 Å². The van der Waals surface area contributed by atoms with Gasteiger partial charge in [-0.25, -0.2) is 0 Å². The number of aryl methyl sites for hydroxylation is 1. The molecule has 0 N–H and O–H groups in total. The Morgan fingerprint density at radius 1 is 1.00 bits per heavy atom. The fraction of sp³-hybridized carbons (Fsp3) is 0.200. The van der Waals surface area contributed by atoms with Crippen LogP contribution in [0.5, 0.6) is 0 Å². The molecule has 0 aliphatic carbocycles. The van der Waals surface area contributed by atoms with Gasteiger partial charge in [-0.1, -0.05) is 12.1 Å². The molecule has 0 atom stereocenters. The highest BCUT2D eigenvalue weighted by molar-refractivity contribution is 5.96. The van der Waals surface area contributed by atoms with E-state index in [1.165, 1.54) is 0 Å². The van der Waals surface area contributed by atoms with Gasteiger partial charge in [0.1, 0.15) is 5.49 Å². The number of pyridine rings is 1. The van der Waals surface area contributed by atoms with Crippen molar-refractivity contribution in [2.75, 3.05) is 0 Å². The highest BCUT2D eigenvalue weighted by atomic mass is 16.2. The smallest absolute Gasteiger partial charge is 0.263 e. The maximum Gasteiger partial charge on any atom is 0.263 e. The van der Waals surface area contributed by atoms with E-state index in [0.717, 1.165) is 11.3 Å². The fourth-order valence-corrected chi connectivity index (χ4v) is 2.63. The standard InChI is InChI=1S/C20H21N3O/c1-15(2)21-19-8-4-5-13-23(19)20(24)17-10-9-16(3)18(14-17)22-11-6-7-12-22/h4-15H,1-3H3. The molecule has 3 rings (SSSR count). The normalized spacial score (nSPS) is 11.9. The van der Waals surface area contributed by atoms with E-state index in [9.17, 15) is 4.79 Å². The van der Waals surface area contributed by atoms with Crippen molar-refractivity contribution in [3.8, 4) is 5.69 Å². The van der Waals surface area contributed by atoms with Crippen molar-refractivity contribution in [1.29, 1.82) is 0 Å². The van der Waals surface area contributed by atoms with Gasteiger partial charge in [0.25, 0.3) is 5.91 Å². The van der Waals surface area contributed by atoms with Crippen molar-refractivity contribution in [3.63, 3.8) is 0 Å². The largest absolute Gasteiger partial charge is 0.324 e. The molecule has 0 spiro atoms. The lowest BCUT2D eigenvalue weighted by Crippen LogP contribution is -2.28. The Morgan fingerprint density at radius 2 is 1.71 bits per heavy atom. The van der Waals surface area contributed by atoms with Crippen LogP contribution in [-0.2, 0) is 0 Å². The first-order valence-corrected chi connectivity index (χ1v) is 8.06. The third-order valence-electron chi connectivity index (χ3n) is 3.79. The zero-order valence-corrected chi connectivity index (χ0v) is 14.2. The fourth-order valence-electron chi connectivity index (χ4n) is 2.63. The van der Waals surface area contributed by atoms with Crippen molar-refractivity contribution in [2.45, 2.75) is 26.8 Å². The van der Waals surface area contributed by atoms with Crippen LogP contribution in [0.3, 0.4) is 0 Å². The zero-order valence-electron chi connectivity index (χ0n) is 14.2. The number of benzene rings is 1. The minimum atomic E-state index is -0.0802. The molecule has 0 aliphatic heterocycles. The highest BCUT2D eigenvalue weighted by Gasteiger charge is 2.11. The van der Waals surface area contributed by atoms with Crippen LogP contribution in [0.1, 0.15) is 29.8 Å². The van der Waals surface area contributed by atoms with Gasteiger partial charge in [0.15, 0.2) is 0 Å². The summed E-state index contributed by atoms with van der Waals surface area (Å²) in [5, 5.41) is 0. The molecule has 0 radical (unpaired) electrons. The maximum atomic E-state index is 13.0. The molecule has 4 heteroatoms. The van der Waals surface area contributed by atoms with Gasteiger partial charge in [0.2, 0.25) is 0 Å². The molecule has 1 aromatic carbocycles. The first-order chi connectivity index (χ1) is 11.6. The van der Waals surface area contributed by atoms with Crippen LogP contribution >= 0.6 is 0 Å². The lowest BCUT2D eigenvalue weighted by molar-refractivity contribution is 0.0954. The van der Waals surface area contributed by atoms with Crippen molar-refractivity contribution < 1.29 is 4.79 Å². The zero-order chi connectivity index (χ0) is 17.1. The van der Waals surface area contributed by atoms with E-state index >= 15 is 0 Å². The van der Waals surface area contributed by atoms with Gasteiger partial charge in [-0.2, -0.15) is 0 Å². The predicted octanol–water partition coefficient (Wildman–Crippen LogP) is 3.58. The molecule has 4 nitrogen and oxygen atoms in total. The van der Waals surface area contributed by atoms with Gasteiger partial charge in [-0.3, -0.25) is 14.4 Å². The minimum Gasteiger partial charge on any atom is -0.324 e. The Hall–Kier alpha value is -2.88. The molecular weight excluding hydrogens is 298 g/mol. The van der Waals surface area contributed by atoms with Crippen molar-refractivity contribution in [1.82, 2.24) is 9.13 Å². The Morgan fingerprint density at radius 3 is 2.42 bits per heavy atom. The summed E-state index contributed by atoms with van der Waals surface area (Å²) in [4.78, 5) is 17.5. The summed E-state index contributed by atoms with van der Waals surface area (Å²) in [7, 11) is 0. The number of carbonyl (C=O) groups excluding carboxylic acids is 1. The second-order valence-corrected chi connectivity index (χ2v) is 6.05. The van der Waals surface area contributed by atoms with E-state index in [1.54, 1.807) is 10.8 Å². The Balaban J connectivity index is 2.08. The molecule has 0 aliphatic rings. The van der Waals surface area contributed by atoms with Crippen molar-refractivity contribution >= 4 is 5.91 Å². The molecule has 24 heavy (non-hydrogen) atoms. The summed E-state index contributed by atoms with van der Waals surface area (Å²) < 4.78 is 3.62. The first-order valence-electron chi connectivity index (χ1n) is 8.06. The van der Waals surface area contributed by atoms with Gasteiger partial charge >= 0.3 is 0 Å². The van der Waals surface area contributed by atoms with Gasteiger partial charge in [0, 0.05) is 35.9 Å². The Kier molecular flexibility index (Phi) is 4.47. The maximum absolute atomic E-state index is 13.0. The van der Waals surface area contributed by atoms with Crippen LogP contribution in [0.25, 0.3) is 5.69 Å². The molecule has 0 unspecified atom stereocenters. The molecule has 0 bridgehead atoms. The van der Waals surface area contributed by atoms with E-state index < -0.39 is 0 Å². The lowest BCUT2D eigenvalue weighted by Gasteiger charge is -2.11. The molecule has 0 saturated heterocycles. The molecule has 0 saturated carbocycles. The number of carbonyl (C=O) groups is 1. The van der Waals surface area contributed by atoms with E-state index in [1.807, 2.05) is 86.3 Å². The van der Waals surface area contributed by atoms with Gasteiger partial charge in [0.05, 0.1) is 0 Å². The average Bonchev–Trinajstić information content (AvgIpc) is 3.09. The first kappa shape index (κ1) is 16.0. The van der Waals surface area contributed by atoms with Crippen molar-refractivity contribution in [2.24, 2.45) is 4.99 Å². The summed E-state index contributed by atoms with van der Waals surface area (Å²) in [6, 6.07) is 15.4. The van der Waals surface area contributed by atoms with Crippen LogP contribution < -0.4 is 5.49 Å². The Bertz CT molecular complexity index is 918. The average molecular weight is 319 g/mol. The summed E-state index contributed by atoms with van der Waals surface area (Å²) >= 11 is 0. The van der Waals surface area contributed by atoms with Crippen LogP contribution in [0, 0.1) is 6.92 Å². The quantitative estimate of drug-likeness (QED) is 0.727. The third kappa shape index (κ3) is 3.23. The van der Waals surface area contributed by atoms with Crippen LogP contribution in [0.2, 0.25) is 0 Å². The highest BCUT2D eigenvalue weighted by Crippen LogP contribution is 2.17. The number of nitrogens with zero attached hydrogens (tertiary/aromatic N) is 3. The van der Waals surface area contributed by atoms with Gasteiger partial charge < -0.3 is 4.57 Å². The second kappa shape index (κ2) is 6.71. The van der Waals surface area contributed by atoms with Crippen LogP contribution in [0.4, 0.5) is 0 Å². The Labute approximate surface area is 141 Å². The number of hydrogen-bond acceptors (Lipinski definition) is 2. The third-order valence-corrected chi connectivity index (χ3v) is 3.79. The predicted molar refractivity (Wildman–Crippen MR) is 95.4 cm³/mol. The monoisotopic (exact) mass is 319 g/mol. The molecule has 122 valence electrons. The summed E-state index contributed by atoms with van der Waals surface area (Å²) in [5.74, 6) is -0.0802. The van der Waals surface area contributed by atoms with Crippen LogP contribution in [-0.4, -0.2) is 21.1 Å². The minimum absolute atomic E-state index is 0.0802. The van der Waals surface area contributed by atoms with Crippen LogP contribution in [0.15, 0.2) is 72.1 Å². The summed E-state index contributed by atoms with van der Waals surface area (Å²) in [6.07, 6.45) is 5.72. The van der Waals surface area contributed by atoms with Gasteiger partial charge in [-0.15, -0.1) is 0 Å². The SMILES string of the molecule is Cc1ccc(C(=O)n2ccccc2=NC(C)C)cc1-n1cccc1. The van der Waals surface area contributed by atoms with E-state index in [4.69, 9.17) is 0 Å². The molecular formula is C20H21N3O. The molecule has 0 fully saturated rings. The molecule has 2 heterocycles. The second-order valence-electron chi connectivity index (χ2n) is 6.05. The number of aromatic nitrogens is 2. The molecule has 0 amide bonds.